The Labute approximate surface area is 108 Å². The van der Waals surface area contributed by atoms with E-state index in [1.807, 2.05) is 0 Å². The zero-order chi connectivity index (χ0) is 13.5. The SMILES string of the molecule is CC(C)N(CCO)CCC(O)c1ccc(F)cc1. The number of aliphatic hydroxyl groups excluding tert-OH is 2. The molecule has 1 aromatic carbocycles. The van der Waals surface area contributed by atoms with Crippen LogP contribution in [0.5, 0.6) is 0 Å². The van der Waals surface area contributed by atoms with Crippen LogP contribution in [0.15, 0.2) is 24.3 Å². The van der Waals surface area contributed by atoms with Crippen molar-refractivity contribution in [1.29, 1.82) is 0 Å². The highest BCUT2D eigenvalue weighted by molar-refractivity contribution is 5.18. The molecule has 1 unspecified atom stereocenters. The Morgan fingerprint density at radius 3 is 2.28 bits per heavy atom. The first kappa shape index (κ1) is 15.1. The standard InChI is InChI=1S/C14H22FNO2/c1-11(2)16(9-10-17)8-7-14(18)12-3-5-13(15)6-4-12/h3-6,11,14,17-18H,7-10H2,1-2H3. The molecule has 102 valence electrons. The summed E-state index contributed by atoms with van der Waals surface area (Å²) in [5.74, 6) is -0.296. The largest absolute Gasteiger partial charge is 0.395 e. The minimum atomic E-state index is -0.592. The zero-order valence-corrected chi connectivity index (χ0v) is 11.0. The van der Waals surface area contributed by atoms with Gasteiger partial charge in [0.15, 0.2) is 0 Å². The van der Waals surface area contributed by atoms with Crippen molar-refractivity contribution in [3.05, 3.63) is 35.6 Å². The van der Waals surface area contributed by atoms with Crippen molar-refractivity contribution in [2.75, 3.05) is 19.7 Å². The maximum absolute atomic E-state index is 12.8. The Kier molecular flexibility index (Phi) is 6.25. The molecule has 0 radical (unpaired) electrons. The molecule has 0 saturated carbocycles. The summed E-state index contributed by atoms with van der Waals surface area (Å²) in [7, 11) is 0. The molecule has 0 aromatic heterocycles. The van der Waals surface area contributed by atoms with Crippen molar-refractivity contribution in [1.82, 2.24) is 4.90 Å². The molecule has 0 aliphatic heterocycles. The average Bonchev–Trinajstić information content (AvgIpc) is 2.34. The smallest absolute Gasteiger partial charge is 0.123 e. The minimum Gasteiger partial charge on any atom is -0.395 e. The lowest BCUT2D eigenvalue weighted by Gasteiger charge is -2.26. The minimum absolute atomic E-state index is 0.116. The van der Waals surface area contributed by atoms with Crippen LogP contribution in [0, 0.1) is 5.82 Å². The van der Waals surface area contributed by atoms with Gasteiger partial charge < -0.3 is 10.2 Å². The fourth-order valence-corrected chi connectivity index (χ4v) is 1.90. The Balaban J connectivity index is 2.48. The summed E-state index contributed by atoms with van der Waals surface area (Å²) in [6.07, 6.45) is -0.0189. The van der Waals surface area contributed by atoms with Crippen LogP contribution >= 0.6 is 0 Å². The third-order valence-electron chi connectivity index (χ3n) is 3.06. The van der Waals surface area contributed by atoms with Crippen LogP contribution in [-0.2, 0) is 0 Å². The summed E-state index contributed by atoms with van der Waals surface area (Å²) in [4.78, 5) is 2.10. The first-order valence-electron chi connectivity index (χ1n) is 6.33. The van der Waals surface area contributed by atoms with Gasteiger partial charge in [0, 0.05) is 19.1 Å². The third kappa shape index (κ3) is 4.72. The van der Waals surface area contributed by atoms with Crippen molar-refractivity contribution in [3.63, 3.8) is 0 Å². The van der Waals surface area contributed by atoms with Gasteiger partial charge in [-0.25, -0.2) is 4.39 Å². The molecule has 18 heavy (non-hydrogen) atoms. The van der Waals surface area contributed by atoms with E-state index in [2.05, 4.69) is 18.7 Å². The van der Waals surface area contributed by atoms with Crippen molar-refractivity contribution in [3.8, 4) is 0 Å². The van der Waals surface area contributed by atoms with Crippen molar-refractivity contribution < 1.29 is 14.6 Å². The van der Waals surface area contributed by atoms with Crippen LogP contribution < -0.4 is 0 Å². The zero-order valence-electron chi connectivity index (χ0n) is 11.0. The maximum Gasteiger partial charge on any atom is 0.123 e. The van der Waals surface area contributed by atoms with Crippen LogP contribution in [0.1, 0.15) is 31.9 Å². The van der Waals surface area contributed by atoms with Crippen molar-refractivity contribution >= 4 is 0 Å². The maximum atomic E-state index is 12.8. The van der Waals surface area contributed by atoms with E-state index in [1.165, 1.54) is 12.1 Å². The van der Waals surface area contributed by atoms with Gasteiger partial charge in [-0.1, -0.05) is 12.1 Å². The first-order valence-corrected chi connectivity index (χ1v) is 6.33. The monoisotopic (exact) mass is 255 g/mol. The van der Waals surface area contributed by atoms with E-state index < -0.39 is 6.10 Å². The molecule has 0 aliphatic rings. The lowest BCUT2D eigenvalue weighted by atomic mass is 10.1. The normalized spacial score (nSPS) is 13.3. The molecule has 1 atom stereocenters. The second kappa shape index (κ2) is 7.46. The van der Waals surface area contributed by atoms with E-state index in [0.717, 1.165) is 5.56 Å². The molecule has 2 N–H and O–H groups in total. The number of hydrogen-bond donors (Lipinski definition) is 2. The molecule has 0 amide bonds. The fourth-order valence-electron chi connectivity index (χ4n) is 1.90. The summed E-state index contributed by atoms with van der Waals surface area (Å²) in [6, 6.07) is 6.24. The highest BCUT2D eigenvalue weighted by Gasteiger charge is 2.13. The second-order valence-electron chi connectivity index (χ2n) is 4.71. The van der Waals surface area contributed by atoms with Gasteiger partial charge >= 0.3 is 0 Å². The number of hydrogen-bond acceptors (Lipinski definition) is 3. The molecule has 0 saturated heterocycles. The number of benzene rings is 1. The van der Waals surface area contributed by atoms with Crippen LogP contribution in [-0.4, -0.2) is 40.9 Å². The number of rotatable bonds is 7. The molecule has 0 heterocycles. The summed E-state index contributed by atoms with van der Waals surface area (Å²) in [5.41, 5.74) is 0.726. The van der Waals surface area contributed by atoms with Crippen LogP contribution in [0.2, 0.25) is 0 Å². The molecule has 4 heteroatoms. The van der Waals surface area contributed by atoms with Crippen LogP contribution in [0.3, 0.4) is 0 Å². The van der Waals surface area contributed by atoms with E-state index in [4.69, 9.17) is 5.11 Å². The third-order valence-corrected chi connectivity index (χ3v) is 3.06. The van der Waals surface area contributed by atoms with Gasteiger partial charge in [-0.3, -0.25) is 4.90 Å². The Morgan fingerprint density at radius 2 is 1.78 bits per heavy atom. The predicted octanol–water partition coefficient (Wildman–Crippen LogP) is 1.95. The summed E-state index contributed by atoms with van der Waals surface area (Å²) < 4.78 is 12.8. The van der Waals surface area contributed by atoms with E-state index >= 15 is 0 Å². The van der Waals surface area contributed by atoms with E-state index in [0.29, 0.717) is 25.6 Å². The van der Waals surface area contributed by atoms with E-state index in [9.17, 15) is 9.50 Å². The number of nitrogens with zero attached hydrogens (tertiary/aromatic N) is 1. The fraction of sp³-hybridized carbons (Fsp3) is 0.571. The Hall–Kier alpha value is -0.970. The Bertz CT molecular complexity index is 340. The summed E-state index contributed by atoms with van der Waals surface area (Å²) >= 11 is 0. The lowest BCUT2D eigenvalue weighted by Crippen LogP contribution is -2.35. The topological polar surface area (TPSA) is 43.7 Å². The van der Waals surface area contributed by atoms with Gasteiger partial charge in [-0.05, 0) is 38.0 Å². The van der Waals surface area contributed by atoms with Gasteiger partial charge in [0.05, 0.1) is 12.7 Å². The molecular weight excluding hydrogens is 233 g/mol. The van der Waals surface area contributed by atoms with E-state index in [-0.39, 0.29) is 12.4 Å². The van der Waals surface area contributed by atoms with Gasteiger partial charge in [0.1, 0.15) is 5.82 Å². The van der Waals surface area contributed by atoms with Crippen molar-refractivity contribution in [2.24, 2.45) is 0 Å². The average molecular weight is 255 g/mol. The highest BCUT2D eigenvalue weighted by Crippen LogP contribution is 2.17. The van der Waals surface area contributed by atoms with Gasteiger partial charge in [-0.15, -0.1) is 0 Å². The summed E-state index contributed by atoms with van der Waals surface area (Å²) in [5, 5.41) is 19.0. The quantitative estimate of drug-likeness (QED) is 0.782. The van der Waals surface area contributed by atoms with Gasteiger partial charge in [0.25, 0.3) is 0 Å². The molecule has 0 bridgehead atoms. The van der Waals surface area contributed by atoms with Gasteiger partial charge in [-0.2, -0.15) is 0 Å². The van der Waals surface area contributed by atoms with E-state index in [1.54, 1.807) is 12.1 Å². The molecular formula is C14H22FNO2. The first-order chi connectivity index (χ1) is 8.54. The predicted molar refractivity (Wildman–Crippen MR) is 69.8 cm³/mol. The van der Waals surface area contributed by atoms with Crippen LogP contribution in [0.4, 0.5) is 4.39 Å². The Morgan fingerprint density at radius 1 is 1.17 bits per heavy atom. The molecule has 1 aromatic rings. The second-order valence-corrected chi connectivity index (χ2v) is 4.71. The molecule has 0 spiro atoms. The van der Waals surface area contributed by atoms with Gasteiger partial charge in [0.2, 0.25) is 0 Å². The molecule has 0 fully saturated rings. The van der Waals surface area contributed by atoms with Crippen LogP contribution in [0.25, 0.3) is 0 Å². The highest BCUT2D eigenvalue weighted by atomic mass is 19.1. The summed E-state index contributed by atoms with van der Waals surface area (Å²) in [6.45, 7) is 5.54. The molecule has 1 rings (SSSR count). The molecule has 0 aliphatic carbocycles. The number of halogens is 1. The molecule has 3 nitrogen and oxygen atoms in total. The lowest BCUT2D eigenvalue weighted by molar-refractivity contribution is 0.116. The van der Waals surface area contributed by atoms with Crippen molar-refractivity contribution in [2.45, 2.75) is 32.4 Å². The number of aliphatic hydroxyl groups is 2.